The van der Waals surface area contributed by atoms with E-state index in [9.17, 15) is 14.3 Å². The molecular weight excluding hydrogens is 468 g/mol. The summed E-state index contributed by atoms with van der Waals surface area (Å²) in [6.07, 6.45) is 1.60. The zero-order chi connectivity index (χ0) is 26.7. The normalized spacial score (nSPS) is 13.7. The van der Waals surface area contributed by atoms with Gasteiger partial charge in [0.25, 0.3) is 0 Å². The molecule has 2 heterocycles. The third-order valence-corrected chi connectivity index (χ3v) is 6.58. The van der Waals surface area contributed by atoms with E-state index in [1.165, 1.54) is 12.1 Å². The Balaban J connectivity index is 0.00000156. The van der Waals surface area contributed by atoms with Crippen LogP contribution in [0.1, 0.15) is 54.2 Å². The van der Waals surface area contributed by atoms with E-state index in [1.54, 1.807) is 42.5 Å². The second-order valence-corrected chi connectivity index (χ2v) is 8.71. The number of hydrogen-bond donors (Lipinski definition) is 3. The van der Waals surface area contributed by atoms with Gasteiger partial charge in [0.2, 0.25) is 0 Å². The number of aromatic carboxylic acids is 1. The Bertz CT molecular complexity index is 1440. The predicted molar refractivity (Wildman–Crippen MR) is 147 cm³/mol. The molecule has 0 saturated carbocycles. The van der Waals surface area contributed by atoms with Crippen LogP contribution in [0.3, 0.4) is 0 Å². The lowest BCUT2D eigenvalue weighted by molar-refractivity contribution is 0.0697. The number of hydrogen-bond acceptors (Lipinski definition) is 4. The van der Waals surface area contributed by atoms with Gasteiger partial charge in [-0.1, -0.05) is 26.0 Å². The highest BCUT2D eigenvalue weighted by atomic mass is 19.1. The molecule has 8 heteroatoms. The van der Waals surface area contributed by atoms with E-state index in [-0.39, 0.29) is 22.9 Å². The molecule has 1 aliphatic rings. The summed E-state index contributed by atoms with van der Waals surface area (Å²) in [5.74, 6) is -1.20. The molecule has 5 rings (SSSR count). The van der Waals surface area contributed by atoms with Gasteiger partial charge < -0.3 is 25.6 Å². The first-order valence-corrected chi connectivity index (χ1v) is 12.3. The molecule has 0 amide bonds. The zero-order valence-corrected chi connectivity index (χ0v) is 20.9. The number of ether oxygens (including phenoxy) is 1. The van der Waals surface area contributed by atoms with Crippen LogP contribution < -0.4 is 5.73 Å². The highest BCUT2D eigenvalue weighted by Gasteiger charge is 2.28. The number of anilines is 1. The minimum Gasteiger partial charge on any atom is -0.478 e. The molecule has 4 N–H and O–H groups in total. The molecule has 3 aromatic carbocycles. The summed E-state index contributed by atoms with van der Waals surface area (Å²) >= 11 is 0. The fourth-order valence-corrected chi connectivity index (χ4v) is 4.91. The third-order valence-electron chi connectivity index (χ3n) is 6.58. The molecule has 0 aliphatic carbocycles. The molecule has 1 saturated heterocycles. The molecule has 0 unspecified atom stereocenters. The second-order valence-electron chi connectivity index (χ2n) is 8.71. The van der Waals surface area contributed by atoms with Gasteiger partial charge in [0.1, 0.15) is 13.7 Å². The molecule has 0 atom stereocenters. The molecule has 4 aromatic rings. The first-order chi connectivity index (χ1) is 17.8. The van der Waals surface area contributed by atoms with E-state index in [0.29, 0.717) is 24.5 Å². The molecule has 1 aliphatic heterocycles. The number of rotatable bonds is 5. The minimum atomic E-state index is -0.995. The van der Waals surface area contributed by atoms with Crippen LogP contribution in [0.15, 0.2) is 60.7 Å². The highest BCUT2D eigenvalue weighted by Crippen LogP contribution is 2.44. The summed E-state index contributed by atoms with van der Waals surface area (Å²) in [5.41, 5.74) is 11.5. The van der Waals surface area contributed by atoms with Crippen LogP contribution in [0.25, 0.3) is 27.7 Å². The molecule has 1 fully saturated rings. The van der Waals surface area contributed by atoms with Gasteiger partial charge in [-0.2, -0.15) is 0 Å². The molecular formula is C29H29BFN3O3. The Hall–Kier alpha value is -3.91. The minimum absolute atomic E-state index is 0.136. The number of carboxylic acids is 1. The summed E-state index contributed by atoms with van der Waals surface area (Å²) in [7, 11) is 5.83. The van der Waals surface area contributed by atoms with Gasteiger partial charge in [0.05, 0.1) is 11.1 Å². The Morgan fingerprint density at radius 1 is 1.08 bits per heavy atom. The molecule has 37 heavy (non-hydrogen) atoms. The maximum Gasteiger partial charge on any atom is 0.335 e. The standard InChI is InChI=1S/C27H23BFN3O3.C2H6/c28-26(31)20-14-23-21(13-22(20)30)24(15-1-3-17(4-2-15)27(33)34)25(16-9-11-35-12-10-16)32(23)19-7-5-18(29)6-8-19;1-2/h1-8,13-14,16,31H,9-12,30H2,(H,33,34);1-2H3. The van der Waals surface area contributed by atoms with E-state index in [2.05, 4.69) is 4.57 Å². The Morgan fingerprint density at radius 3 is 2.27 bits per heavy atom. The average molecular weight is 497 g/mol. The van der Waals surface area contributed by atoms with Crippen molar-refractivity contribution in [1.29, 1.82) is 5.41 Å². The van der Waals surface area contributed by atoms with Gasteiger partial charge in [-0.3, -0.25) is 0 Å². The molecule has 1 aromatic heterocycles. The summed E-state index contributed by atoms with van der Waals surface area (Å²) in [6.45, 7) is 5.24. The van der Waals surface area contributed by atoms with Gasteiger partial charge in [-0.05, 0) is 72.5 Å². The van der Waals surface area contributed by atoms with Crippen LogP contribution in [0, 0.1) is 11.2 Å². The number of carboxylic acid groups (broad SMARTS) is 1. The molecule has 0 bridgehead atoms. The lowest BCUT2D eigenvalue weighted by Crippen LogP contribution is -2.17. The number of nitrogens with two attached hydrogens (primary N) is 1. The van der Waals surface area contributed by atoms with E-state index >= 15 is 0 Å². The van der Waals surface area contributed by atoms with Crippen molar-refractivity contribution in [3.8, 4) is 16.8 Å². The zero-order valence-electron chi connectivity index (χ0n) is 20.9. The number of nitrogens with one attached hydrogen (secondary N) is 1. The number of nitrogens with zero attached hydrogens (tertiary/aromatic N) is 1. The van der Waals surface area contributed by atoms with Gasteiger partial charge in [0, 0.05) is 52.7 Å². The van der Waals surface area contributed by atoms with Crippen molar-refractivity contribution in [2.24, 2.45) is 0 Å². The van der Waals surface area contributed by atoms with Gasteiger partial charge in [-0.15, -0.1) is 0 Å². The number of fused-ring (bicyclic) bond motifs is 1. The van der Waals surface area contributed by atoms with E-state index in [0.717, 1.165) is 46.3 Å². The van der Waals surface area contributed by atoms with E-state index < -0.39 is 5.97 Å². The number of aromatic nitrogens is 1. The molecule has 188 valence electrons. The quantitative estimate of drug-likeness (QED) is 0.175. The summed E-state index contributed by atoms with van der Waals surface area (Å²) in [6, 6.07) is 16.6. The van der Waals surface area contributed by atoms with Crippen molar-refractivity contribution in [1.82, 2.24) is 4.57 Å². The Kier molecular flexibility index (Phi) is 7.78. The molecule has 2 radical (unpaired) electrons. The molecule has 6 nitrogen and oxygen atoms in total. The first kappa shape index (κ1) is 26.2. The van der Waals surface area contributed by atoms with Crippen molar-refractivity contribution in [2.45, 2.75) is 32.6 Å². The topological polar surface area (TPSA) is 101 Å². The van der Waals surface area contributed by atoms with Crippen molar-refractivity contribution in [3.63, 3.8) is 0 Å². The number of benzene rings is 3. The van der Waals surface area contributed by atoms with Crippen molar-refractivity contribution in [2.75, 3.05) is 18.9 Å². The van der Waals surface area contributed by atoms with E-state index in [1.807, 2.05) is 19.9 Å². The Labute approximate surface area is 216 Å². The highest BCUT2D eigenvalue weighted by molar-refractivity contribution is 6.64. The van der Waals surface area contributed by atoms with Crippen molar-refractivity contribution < 1.29 is 19.0 Å². The smallest absolute Gasteiger partial charge is 0.335 e. The first-order valence-electron chi connectivity index (χ1n) is 12.3. The van der Waals surface area contributed by atoms with Crippen molar-refractivity contribution in [3.05, 3.63) is 83.3 Å². The largest absolute Gasteiger partial charge is 0.478 e. The second kappa shape index (κ2) is 11.0. The van der Waals surface area contributed by atoms with Crippen LogP contribution in [-0.4, -0.2) is 42.3 Å². The number of nitrogen functional groups attached to an aromatic ring is 1. The fraction of sp³-hybridized carbons (Fsp3) is 0.241. The number of halogens is 1. The summed E-state index contributed by atoms with van der Waals surface area (Å²) in [4.78, 5) is 11.4. The van der Waals surface area contributed by atoms with Gasteiger partial charge >= 0.3 is 5.97 Å². The van der Waals surface area contributed by atoms with E-state index in [4.69, 9.17) is 23.7 Å². The maximum absolute atomic E-state index is 13.8. The van der Waals surface area contributed by atoms with Crippen molar-refractivity contribution >= 4 is 36.0 Å². The average Bonchev–Trinajstić information content (AvgIpc) is 3.24. The fourth-order valence-electron chi connectivity index (χ4n) is 4.91. The Morgan fingerprint density at radius 2 is 1.70 bits per heavy atom. The van der Waals surface area contributed by atoms with Crippen LogP contribution in [0.5, 0.6) is 0 Å². The predicted octanol–water partition coefficient (Wildman–Crippen LogP) is 6.13. The number of carbonyl (C=O) groups is 1. The lowest BCUT2D eigenvalue weighted by Gasteiger charge is -2.26. The summed E-state index contributed by atoms with van der Waals surface area (Å²) < 4.78 is 21.5. The third kappa shape index (κ3) is 5.02. The van der Waals surface area contributed by atoms with Crippen LogP contribution in [0.4, 0.5) is 10.1 Å². The van der Waals surface area contributed by atoms with Crippen LogP contribution in [-0.2, 0) is 4.74 Å². The molecule has 0 spiro atoms. The lowest BCUT2D eigenvalue weighted by atomic mass is 9.88. The van der Waals surface area contributed by atoms with Gasteiger partial charge in [0.15, 0.2) is 0 Å². The van der Waals surface area contributed by atoms with Crippen LogP contribution >= 0.6 is 0 Å². The SMILES string of the molecule is CC.[B]C(=N)c1cc2c(cc1N)c(-c1ccc(C(=O)O)cc1)c(C1CCOCC1)n2-c1ccc(F)cc1. The van der Waals surface area contributed by atoms with Crippen LogP contribution in [0.2, 0.25) is 0 Å². The van der Waals surface area contributed by atoms with Gasteiger partial charge in [-0.25, -0.2) is 9.18 Å². The summed E-state index contributed by atoms with van der Waals surface area (Å²) in [5, 5.41) is 18.2. The maximum atomic E-state index is 13.8. The monoisotopic (exact) mass is 497 g/mol.